The Kier molecular flexibility index (Phi) is 1.77. The van der Waals surface area contributed by atoms with Crippen LogP contribution >= 0.6 is 11.3 Å². The van der Waals surface area contributed by atoms with Crippen molar-refractivity contribution >= 4 is 22.2 Å². The van der Waals surface area contributed by atoms with E-state index in [-0.39, 0.29) is 5.91 Å². The molecular formula is C8H10N2OS. The third kappa shape index (κ3) is 1.43. The molecule has 0 aliphatic heterocycles. The molecule has 1 aliphatic rings. The maximum atomic E-state index is 11.4. The summed E-state index contributed by atoms with van der Waals surface area (Å²) in [7, 11) is 0. The Hall–Kier alpha value is -1.03. The van der Waals surface area contributed by atoms with Crippen LogP contribution in [-0.2, 0) is 0 Å². The molecule has 64 valence electrons. The molecule has 3 nitrogen and oxygen atoms in total. The van der Waals surface area contributed by atoms with Gasteiger partial charge < -0.3 is 11.1 Å². The van der Waals surface area contributed by atoms with Gasteiger partial charge in [-0.3, -0.25) is 4.79 Å². The summed E-state index contributed by atoms with van der Waals surface area (Å²) in [6.07, 6.45) is 2.21. The van der Waals surface area contributed by atoms with Gasteiger partial charge in [-0.05, 0) is 24.3 Å². The van der Waals surface area contributed by atoms with E-state index < -0.39 is 0 Å². The molecule has 0 aromatic carbocycles. The number of anilines is 1. The summed E-state index contributed by atoms with van der Waals surface area (Å²) in [5.74, 6) is -0.0312. The first-order valence-corrected chi connectivity index (χ1v) is 4.79. The van der Waals surface area contributed by atoms with Crippen LogP contribution < -0.4 is 11.1 Å². The fourth-order valence-corrected chi connectivity index (χ4v) is 1.64. The minimum atomic E-state index is -0.0312. The van der Waals surface area contributed by atoms with E-state index in [9.17, 15) is 4.79 Å². The average molecular weight is 182 g/mol. The van der Waals surface area contributed by atoms with Crippen molar-refractivity contribution in [2.75, 3.05) is 5.73 Å². The number of nitrogens with two attached hydrogens (primary N) is 1. The largest absolute Gasteiger partial charge is 0.390 e. The van der Waals surface area contributed by atoms with Gasteiger partial charge in [0.25, 0.3) is 5.91 Å². The molecule has 1 fully saturated rings. The van der Waals surface area contributed by atoms with Gasteiger partial charge in [0, 0.05) is 6.04 Å². The lowest BCUT2D eigenvalue weighted by Gasteiger charge is -2.00. The average Bonchev–Trinajstić information content (AvgIpc) is 2.72. The van der Waals surface area contributed by atoms with Gasteiger partial charge in [-0.2, -0.15) is 0 Å². The SMILES string of the molecule is Nc1sccc1C(=O)NC1CC1. The summed E-state index contributed by atoms with van der Waals surface area (Å²) in [6.45, 7) is 0. The van der Waals surface area contributed by atoms with Crippen LogP contribution in [0.1, 0.15) is 23.2 Å². The molecule has 0 radical (unpaired) electrons. The predicted octanol–water partition coefficient (Wildman–Crippen LogP) is 1.22. The van der Waals surface area contributed by atoms with Crippen LogP contribution in [0.2, 0.25) is 0 Å². The van der Waals surface area contributed by atoms with Gasteiger partial charge in [0.15, 0.2) is 0 Å². The van der Waals surface area contributed by atoms with E-state index >= 15 is 0 Å². The third-order valence-electron chi connectivity index (χ3n) is 1.85. The van der Waals surface area contributed by atoms with Crippen molar-refractivity contribution in [3.8, 4) is 0 Å². The Bertz CT molecular complexity index is 304. The number of nitrogens with one attached hydrogen (secondary N) is 1. The number of hydrogen-bond donors (Lipinski definition) is 2. The summed E-state index contributed by atoms with van der Waals surface area (Å²) < 4.78 is 0. The lowest BCUT2D eigenvalue weighted by Crippen LogP contribution is -2.25. The van der Waals surface area contributed by atoms with Crippen LogP contribution in [0.4, 0.5) is 5.00 Å². The maximum Gasteiger partial charge on any atom is 0.254 e. The molecule has 4 heteroatoms. The summed E-state index contributed by atoms with van der Waals surface area (Å²) >= 11 is 1.40. The molecule has 1 aromatic rings. The van der Waals surface area contributed by atoms with Gasteiger partial charge in [0.2, 0.25) is 0 Å². The van der Waals surface area contributed by atoms with E-state index in [1.807, 2.05) is 5.38 Å². The van der Waals surface area contributed by atoms with E-state index in [0.29, 0.717) is 16.6 Å². The van der Waals surface area contributed by atoms with Gasteiger partial charge in [0.1, 0.15) is 0 Å². The zero-order valence-corrected chi connectivity index (χ0v) is 7.36. The minimum absolute atomic E-state index is 0.0312. The molecular weight excluding hydrogens is 172 g/mol. The van der Waals surface area contributed by atoms with E-state index in [1.165, 1.54) is 11.3 Å². The molecule has 0 spiro atoms. The molecule has 1 aliphatic carbocycles. The fraction of sp³-hybridized carbons (Fsp3) is 0.375. The zero-order chi connectivity index (χ0) is 8.55. The Balaban J connectivity index is 2.07. The number of hydrogen-bond acceptors (Lipinski definition) is 3. The Morgan fingerprint density at radius 3 is 2.92 bits per heavy atom. The first-order valence-electron chi connectivity index (χ1n) is 3.91. The zero-order valence-electron chi connectivity index (χ0n) is 6.54. The Morgan fingerprint density at radius 2 is 2.42 bits per heavy atom. The Morgan fingerprint density at radius 1 is 1.67 bits per heavy atom. The van der Waals surface area contributed by atoms with Gasteiger partial charge in [-0.15, -0.1) is 11.3 Å². The molecule has 0 unspecified atom stereocenters. The van der Waals surface area contributed by atoms with Crippen LogP contribution in [0.15, 0.2) is 11.4 Å². The van der Waals surface area contributed by atoms with Crippen molar-refractivity contribution in [3.05, 3.63) is 17.0 Å². The first-order chi connectivity index (χ1) is 5.77. The van der Waals surface area contributed by atoms with Crippen molar-refractivity contribution < 1.29 is 4.79 Å². The molecule has 12 heavy (non-hydrogen) atoms. The smallest absolute Gasteiger partial charge is 0.254 e. The highest BCUT2D eigenvalue weighted by Crippen LogP contribution is 2.22. The van der Waals surface area contributed by atoms with Gasteiger partial charge in [0.05, 0.1) is 10.6 Å². The highest BCUT2D eigenvalue weighted by Gasteiger charge is 2.24. The highest BCUT2D eigenvalue weighted by atomic mass is 32.1. The van der Waals surface area contributed by atoms with Crippen molar-refractivity contribution in [1.82, 2.24) is 5.32 Å². The molecule has 0 bridgehead atoms. The molecule has 1 amide bonds. The number of amides is 1. The van der Waals surface area contributed by atoms with Gasteiger partial charge >= 0.3 is 0 Å². The topological polar surface area (TPSA) is 55.1 Å². The van der Waals surface area contributed by atoms with Crippen LogP contribution in [-0.4, -0.2) is 11.9 Å². The lowest BCUT2D eigenvalue weighted by atomic mass is 10.3. The number of carbonyl (C=O) groups excluding carboxylic acids is 1. The molecule has 1 heterocycles. The van der Waals surface area contributed by atoms with Crippen LogP contribution in [0.5, 0.6) is 0 Å². The number of carbonyl (C=O) groups is 1. The Labute approximate surface area is 74.6 Å². The summed E-state index contributed by atoms with van der Waals surface area (Å²) in [5, 5.41) is 5.32. The van der Waals surface area contributed by atoms with E-state index in [0.717, 1.165) is 12.8 Å². The number of thiophene rings is 1. The summed E-state index contributed by atoms with van der Waals surface area (Å²) in [6, 6.07) is 2.16. The van der Waals surface area contributed by atoms with Crippen LogP contribution in [0.25, 0.3) is 0 Å². The second kappa shape index (κ2) is 2.79. The highest BCUT2D eigenvalue weighted by molar-refractivity contribution is 7.14. The lowest BCUT2D eigenvalue weighted by molar-refractivity contribution is 0.0952. The fourth-order valence-electron chi connectivity index (χ4n) is 0.999. The van der Waals surface area contributed by atoms with E-state index in [4.69, 9.17) is 5.73 Å². The molecule has 0 saturated heterocycles. The molecule has 1 aromatic heterocycles. The van der Waals surface area contributed by atoms with Crippen molar-refractivity contribution in [3.63, 3.8) is 0 Å². The van der Waals surface area contributed by atoms with Crippen molar-refractivity contribution in [2.24, 2.45) is 0 Å². The summed E-state index contributed by atoms with van der Waals surface area (Å²) in [4.78, 5) is 11.4. The number of nitrogen functional groups attached to an aromatic ring is 1. The second-order valence-corrected chi connectivity index (χ2v) is 3.89. The monoisotopic (exact) mass is 182 g/mol. The van der Waals surface area contributed by atoms with Crippen molar-refractivity contribution in [2.45, 2.75) is 18.9 Å². The van der Waals surface area contributed by atoms with Gasteiger partial charge in [-0.25, -0.2) is 0 Å². The second-order valence-electron chi connectivity index (χ2n) is 2.95. The molecule has 2 rings (SSSR count). The van der Waals surface area contributed by atoms with Crippen LogP contribution in [0.3, 0.4) is 0 Å². The molecule has 1 saturated carbocycles. The van der Waals surface area contributed by atoms with E-state index in [2.05, 4.69) is 5.32 Å². The first kappa shape index (κ1) is 7.61. The van der Waals surface area contributed by atoms with Gasteiger partial charge in [-0.1, -0.05) is 0 Å². The molecule has 0 atom stereocenters. The standard InChI is InChI=1S/C8H10N2OS/c9-7-6(3-4-12-7)8(11)10-5-1-2-5/h3-5H,1-2,9H2,(H,10,11). The number of rotatable bonds is 2. The summed E-state index contributed by atoms with van der Waals surface area (Å²) in [5.41, 5.74) is 6.21. The predicted molar refractivity (Wildman–Crippen MR) is 49.2 cm³/mol. The normalized spacial score (nSPS) is 16.0. The quantitative estimate of drug-likeness (QED) is 0.722. The van der Waals surface area contributed by atoms with Crippen molar-refractivity contribution in [1.29, 1.82) is 0 Å². The minimum Gasteiger partial charge on any atom is -0.390 e. The van der Waals surface area contributed by atoms with E-state index in [1.54, 1.807) is 6.07 Å². The third-order valence-corrected chi connectivity index (χ3v) is 2.60. The maximum absolute atomic E-state index is 11.4. The van der Waals surface area contributed by atoms with Crippen LogP contribution in [0, 0.1) is 0 Å². The molecule has 3 N–H and O–H groups in total.